The summed E-state index contributed by atoms with van der Waals surface area (Å²) in [5, 5.41) is 12.8. The van der Waals surface area contributed by atoms with Crippen LogP contribution in [0, 0.1) is 0 Å². The lowest BCUT2D eigenvalue weighted by molar-refractivity contribution is 0.202. The summed E-state index contributed by atoms with van der Waals surface area (Å²) in [6.07, 6.45) is 1.83. The number of hydrogen-bond donors (Lipinski definition) is 2. The van der Waals surface area contributed by atoms with Crippen molar-refractivity contribution < 1.29 is 5.11 Å². The van der Waals surface area contributed by atoms with Crippen molar-refractivity contribution in [3.8, 4) is 0 Å². The van der Waals surface area contributed by atoms with Crippen LogP contribution in [0.4, 0.5) is 5.69 Å². The average Bonchev–Trinajstić information content (AvgIpc) is 2.29. The Morgan fingerprint density at radius 3 is 2.13 bits per heavy atom. The third-order valence-corrected chi connectivity index (χ3v) is 3.44. The third-order valence-electron chi connectivity index (χ3n) is 2.91. The van der Waals surface area contributed by atoms with Crippen LogP contribution in [0.25, 0.3) is 0 Å². The third kappa shape index (κ3) is 3.21. The van der Waals surface area contributed by atoms with Gasteiger partial charge in [-0.1, -0.05) is 29.8 Å². The fourth-order valence-electron chi connectivity index (χ4n) is 1.53. The predicted molar refractivity (Wildman–Crippen MR) is 68.2 cm³/mol. The van der Waals surface area contributed by atoms with Gasteiger partial charge in [-0.05, 0) is 37.1 Å². The van der Waals surface area contributed by atoms with Crippen molar-refractivity contribution in [1.29, 1.82) is 0 Å². The monoisotopic (exact) mass is 271 g/mol. The van der Waals surface area contributed by atoms with Crippen molar-refractivity contribution in [1.82, 2.24) is 0 Å². The highest BCUT2D eigenvalue weighted by molar-refractivity contribution is 9.10. The molecule has 0 fully saturated rings. The number of rotatable bonds is 5. The van der Waals surface area contributed by atoms with Gasteiger partial charge in [0, 0.05) is 10.2 Å². The van der Waals surface area contributed by atoms with Crippen molar-refractivity contribution in [2.24, 2.45) is 0 Å². The second-order valence-electron chi connectivity index (χ2n) is 3.78. The van der Waals surface area contributed by atoms with Crippen LogP contribution in [0.1, 0.15) is 26.7 Å². The molecule has 0 saturated carbocycles. The van der Waals surface area contributed by atoms with Gasteiger partial charge in [-0.3, -0.25) is 0 Å². The van der Waals surface area contributed by atoms with Gasteiger partial charge in [0.2, 0.25) is 0 Å². The minimum absolute atomic E-state index is 0.163. The summed E-state index contributed by atoms with van der Waals surface area (Å²) in [4.78, 5) is 0. The van der Waals surface area contributed by atoms with Crippen molar-refractivity contribution >= 4 is 21.6 Å². The topological polar surface area (TPSA) is 32.3 Å². The summed E-state index contributed by atoms with van der Waals surface area (Å²) in [5.41, 5.74) is 0.865. The van der Waals surface area contributed by atoms with Gasteiger partial charge >= 0.3 is 0 Å². The predicted octanol–water partition coefficient (Wildman–Crippen LogP) is 3.41. The quantitative estimate of drug-likeness (QED) is 0.860. The molecule has 84 valence electrons. The van der Waals surface area contributed by atoms with E-state index < -0.39 is 0 Å². The molecular weight excluding hydrogens is 254 g/mol. The molecule has 0 aliphatic carbocycles. The van der Waals surface area contributed by atoms with E-state index in [4.69, 9.17) is 0 Å². The van der Waals surface area contributed by atoms with Gasteiger partial charge in [0.1, 0.15) is 0 Å². The fraction of sp³-hybridized carbons (Fsp3) is 0.500. The molecular formula is C12H18BrNO. The van der Waals surface area contributed by atoms with E-state index in [9.17, 15) is 5.11 Å². The highest BCUT2D eigenvalue weighted by atomic mass is 79.9. The molecule has 0 atom stereocenters. The average molecular weight is 272 g/mol. The molecule has 15 heavy (non-hydrogen) atoms. The molecule has 0 aromatic heterocycles. The number of halogens is 1. The summed E-state index contributed by atoms with van der Waals surface area (Å²) in [5.74, 6) is 0. The van der Waals surface area contributed by atoms with Crippen LogP contribution >= 0.6 is 15.9 Å². The van der Waals surface area contributed by atoms with E-state index in [1.54, 1.807) is 0 Å². The maximum absolute atomic E-state index is 9.42. The van der Waals surface area contributed by atoms with Crippen LogP contribution in [0.2, 0.25) is 0 Å². The normalized spacial score (nSPS) is 11.5. The molecule has 0 amide bonds. The molecule has 0 heterocycles. The number of nitrogens with one attached hydrogen (secondary N) is 1. The van der Waals surface area contributed by atoms with Crippen LogP contribution in [0.3, 0.4) is 0 Å². The maximum Gasteiger partial charge on any atom is 0.0661 e. The number of hydrogen-bond acceptors (Lipinski definition) is 2. The summed E-state index contributed by atoms with van der Waals surface area (Å²) >= 11 is 3.40. The minimum atomic E-state index is -0.187. The Labute approximate surface area is 99.8 Å². The molecule has 1 aromatic rings. The van der Waals surface area contributed by atoms with Gasteiger partial charge in [0.05, 0.1) is 12.1 Å². The van der Waals surface area contributed by atoms with Crippen LogP contribution < -0.4 is 5.32 Å². The first kappa shape index (κ1) is 12.5. The van der Waals surface area contributed by atoms with E-state index in [-0.39, 0.29) is 12.1 Å². The molecule has 2 nitrogen and oxygen atoms in total. The molecule has 3 heteroatoms. The Balaban J connectivity index is 2.78. The van der Waals surface area contributed by atoms with Gasteiger partial charge in [-0.15, -0.1) is 0 Å². The van der Waals surface area contributed by atoms with E-state index >= 15 is 0 Å². The molecule has 0 saturated heterocycles. The van der Waals surface area contributed by atoms with Crippen molar-refractivity contribution in [3.63, 3.8) is 0 Å². The lowest BCUT2D eigenvalue weighted by Crippen LogP contribution is -2.40. The summed E-state index contributed by atoms with van der Waals surface area (Å²) in [7, 11) is 0. The maximum atomic E-state index is 9.42. The largest absolute Gasteiger partial charge is 0.394 e. The van der Waals surface area contributed by atoms with Gasteiger partial charge in [-0.25, -0.2) is 0 Å². The zero-order valence-electron chi connectivity index (χ0n) is 9.26. The van der Waals surface area contributed by atoms with Gasteiger partial charge in [0.15, 0.2) is 0 Å². The van der Waals surface area contributed by atoms with Crippen molar-refractivity contribution in [2.45, 2.75) is 32.2 Å². The Kier molecular flexibility index (Phi) is 4.61. The number of anilines is 1. The molecule has 0 unspecified atom stereocenters. The van der Waals surface area contributed by atoms with Crippen LogP contribution in [0.15, 0.2) is 28.7 Å². The van der Waals surface area contributed by atoms with Crippen LogP contribution in [0.5, 0.6) is 0 Å². The number of aliphatic hydroxyl groups is 1. The van der Waals surface area contributed by atoms with E-state index in [0.717, 1.165) is 23.0 Å². The smallest absolute Gasteiger partial charge is 0.0661 e. The molecule has 0 aliphatic heterocycles. The van der Waals surface area contributed by atoms with Gasteiger partial charge in [-0.2, -0.15) is 0 Å². The highest BCUT2D eigenvalue weighted by Crippen LogP contribution is 2.23. The Hall–Kier alpha value is -0.540. The second kappa shape index (κ2) is 5.52. The first-order valence-electron chi connectivity index (χ1n) is 5.30. The zero-order valence-corrected chi connectivity index (χ0v) is 10.8. The lowest BCUT2D eigenvalue weighted by Gasteiger charge is -2.32. The zero-order chi connectivity index (χ0) is 11.3. The standard InChI is InChI=1S/C12H18BrNO/c1-3-12(4-2,9-15)14-11-7-5-10(13)6-8-11/h5-8,14-15H,3-4,9H2,1-2H3. The van der Waals surface area contributed by atoms with E-state index in [1.165, 1.54) is 0 Å². The van der Waals surface area contributed by atoms with Gasteiger partial charge in [0.25, 0.3) is 0 Å². The SMILES string of the molecule is CCC(CC)(CO)Nc1ccc(Br)cc1. The number of benzene rings is 1. The minimum Gasteiger partial charge on any atom is -0.394 e. The molecule has 0 radical (unpaired) electrons. The Bertz CT molecular complexity index is 285. The molecule has 2 N–H and O–H groups in total. The van der Waals surface area contributed by atoms with E-state index in [1.807, 2.05) is 24.3 Å². The Morgan fingerprint density at radius 2 is 1.73 bits per heavy atom. The van der Waals surface area contributed by atoms with Crippen LogP contribution in [-0.2, 0) is 0 Å². The first-order valence-corrected chi connectivity index (χ1v) is 6.09. The molecule has 0 spiro atoms. The summed E-state index contributed by atoms with van der Waals surface area (Å²) in [6, 6.07) is 8.02. The highest BCUT2D eigenvalue weighted by Gasteiger charge is 2.24. The van der Waals surface area contributed by atoms with E-state index in [2.05, 4.69) is 35.1 Å². The lowest BCUT2D eigenvalue weighted by atomic mass is 9.93. The number of aliphatic hydroxyl groups excluding tert-OH is 1. The molecule has 0 aliphatic rings. The summed E-state index contributed by atoms with van der Waals surface area (Å²) < 4.78 is 1.07. The van der Waals surface area contributed by atoms with Crippen LogP contribution in [-0.4, -0.2) is 17.3 Å². The van der Waals surface area contributed by atoms with Crippen molar-refractivity contribution in [3.05, 3.63) is 28.7 Å². The second-order valence-corrected chi connectivity index (χ2v) is 4.69. The molecule has 0 bridgehead atoms. The molecule has 1 aromatic carbocycles. The Morgan fingerprint density at radius 1 is 1.20 bits per heavy atom. The van der Waals surface area contributed by atoms with Gasteiger partial charge < -0.3 is 10.4 Å². The van der Waals surface area contributed by atoms with Crippen molar-refractivity contribution in [2.75, 3.05) is 11.9 Å². The first-order chi connectivity index (χ1) is 7.15. The molecule has 1 rings (SSSR count). The summed E-state index contributed by atoms with van der Waals surface area (Å²) in [6.45, 7) is 4.34. The van der Waals surface area contributed by atoms with E-state index in [0.29, 0.717) is 0 Å². The fourth-order valence-corrected chi connectivity index (χ4v) is 1.79.